The number of nitrogens with zero attached hydrogens (tertiary/aromatic N) is 1. The van der Waals surface area contributed by atoms with Crippen LogP contribution in [0.3, 0.4) is 0 Å². The molecule has 0 amide bonds. The van der Waals surface area contributed by atoms with Crippen LogP contribution in [0.25, 0.3) is 0 Å². The molecule has 3 rings (SSSR count). The zero-order chi connectivity index (χ0) is 21.2. The summed E-state index contributed by atoms with van der Waals surface area (Å²) in [5.41, 5.74) is 0. The third-order valence-electron chi connectivity index (χ3n) is 5.02. The monoisotopic (exact) mass is 439 g/mol. The Kier molecular flexibility index (Phi) is 6.20. The van der Waals surface area contributed by atoms with E-state index in [2.05, 4.69) is 0 Å². The van der Waals surface area contributed by atoms with Crippen LogP contribution in [-0.2, 0) is 14.6 Å². The first-order valence-corrected chi connectivity index (χ1v) is 10.7. The van der Waals surface area contributed by atoms with Crippen molar-refractivity contribution in [3.63, 3.8) is 0 Å². The van der Waals surface area contributed by atoms with Gasteiger partial charge in [0.25, 0.3) is 0 Å². The van der Waals surface area contributed by atoms with E-state index in [1.165, 1.54) is 24.3 Å². The van der Waals surface area contributed by atoms with Crippen LogP contribution in [0.15, 0.2) is 47.4 Å². The Hall–Kier alpha value is -2.50. The molecule has 152 valence electrons. The van der Waals surface area contributed by atoms with Gasteiger partial charge in [-0.3, -0.25) is 4.79 Å². The summed E-state index contributed by atoms with van der Waals surface area (Å²) in [4.78, 5) is 11.9. The van der Waals surface area contributed by atoms with Gasteiger partial charge in [-0.05, 0) is 55.3 Å². The first-order chi connectivity index (χ1) is 13.7. The highest BCUT2D eigenvalue weighted by Gasteiger charge is 2.45. The molecule has 2 aromatic carbocycles. The molecule has 0 N–H and O–H groups in total. The van der Waals surface area contributed by atoms with E-state index in [1.54, 1.807) is 6.07 Å². The molecule has 0 bridgehead atoms. The van der Waals surface area contributed by atoms with E-state index in [-0.39, 0.29) is 29.4 Å². The number of ether oxygens (including phenoxy) is 1. The lowest BCUT2D eigenvalue weighted by atomic mass is 9.93. The van der Waals surface area contributed by atoms with Crippen molar-refractivity contribution < 1.29 is 26.7 Å². The van der Waals surface area contributed by atoms with Gasteiger partial charge in [0.1, 0.15) is 23.5 Å². The zero-order valence-electron chi connectivity index (χ0n) is 15.0. The topological polar surface area (TPSA) is 84.2 Å². The van der Waals surface area contributed by atoms with Gasteiger partial charge < -0.3 is 4.74 Å². The average Bonchev–Trinajstić information content (AvgIpc) is 3.12. The number of rotatable bonds is 6. The van der Waals surface area contributed by atoms with Crippen LogP contribution in [0.1, 0.15) is 12.8 Å². The van der Waals surface area contributed by atoms with Gasteiger partial charge in [0.2, 0.25) is 5.78 Å². The van der Waals surface area contributed by atoms with Crippen molar-refractivity contribution >= 4 is 27.2 Å². The standard InChI is InChI=1S/C20H16ClF2NO4S/c21-18-8-14(23)3-6-20(18)29(26,27)16-7-12(17(9-16)19(25)10-24)11-28-15-4-1-13(22)2-5-15/h1-6,8,12,16-17H,7,9,11H2/t12-,16+,17+/m0/s1. The highest BCUT2D eigenvalue weighted by molar-refractivity contribution is 7.92. The zero-order valence-corrected chi connectivity index (χ0v) is 16.6. The number of sulfone groups is 1. The molecule has 1 saturated carbocycles. The van der Waals surface area contributed by atoms with Gasteiger partial charge in [0.15, 0.2) is 9.84 Å². The van der Waals surface area contributed by atoms with Crippen molar-refractivity contribution in [1.82, 2.24) is 0 Å². The molecule has 9 heteroatoms. The molecule has 1 fully saturated rings. The molecule has 1 aliphatic carbocycles. The van der Waals surface area contributed by atoms with Crippen LogP contribution >= 0.6 is 11.6 Å². The molecule has 0 spiro atoms. The Balaban J connectivity index is 1.82. The minimum atomic E-state index is -3.95. The second kappa shape index (κ2) is 8.47. The normalized spacial score (nSPS) is 21.5. The van der Waals surface area contributed by atoms with Gasteiger partial charge in [-0.15, -0.1) is 0 Å². The van der Waals surface area contributed by atoms with E-state index in [9.17, 15) is 22.0 Å². The quantitative estimate of drug-likeness (QED) is 0.502. The Morgan fingerprint density at radius 1 is 1.14 bits per heavy atom. The van der Waals surface area contributed by atoms with Crippen LogP contribution in [-0.4, -0.2) is 26.1 Å². The highest BCUT2D eigenvalue weighted by atomic mass is 35.5. The van der Waals surface area contributed by atoms with E-state index >= 15 is 0 Å². The van der Waals surface area contributed by atoms with Crippen molar-refractivity contribution in [2.75, 3.05) is 6.61 Å². The van der Waals surface area contributed by atoms with Crippen LogP contribution in [0.5, 0.6) is 5.75 Å². The van der Waals surface area contributed by atoms with Crippen molar-refractivity contribution in [2.24, 2.45) is 11.8 Å². The molecule has 0 heterocycles. The SMILES string of the molecule is N#CC(=O)[C@@H]1C[C@H](S(=O)(=O)c2ccc(F)cc2Cl)C[C@H]1COc1ccc(F)cc1. The fourth-order valence-corrected chi connectivity index (χ4v) is 5.93. The Morgan fingerprint density at radius 3 is 2.41 bits per heavy atom. The minimum absolute atomic E-state index is 0.00705. The molecule has 1 aliphatic rings. The van der Waals surface area contributed by atoms with Crippen molar-refractivity contribution in [2.45, 2.75) is 23.0 Å². The molecule has 5 nitrogen and oxygen atoms in total. The van der Waals surface area contributed by atoms with E-state index in [1.807, 2.05) is 0 Å². The first-order valence-electron chi connectivity index (χ1n) is 8.73. The van der Waals surface area contributed by atoms with Crippen LogP contribution in [0.4, 0.5) is 8.78 Å². The van der Waals surface area contributed by atoms with Crippen LogP contribution in [0.2, 0.25) is 5.02 Å². The number of halogens is 3. The lowest BCUT2D eigenvalue weighted by molar-refractivity contribution is -0.118. The number of hydrogen-bond donors (Lipinski definition) is 0. The lowest BCUT2D eigenvalue weighted by Gasteiger charge is -2.16. The summed E-state index contributed by atoms with van der Waals surface area (Å²) in [5, 5.41) is 7.82. The van der Waals surface area contributed by atoms with Crippen molar-refractivity contribution in [3.8, 4) is 11.8 Å². The summed E-state index contributed by atoms with van der Waals surface area (Å²) in [6.45, 7) is -0.00705. The number of hydrogen-bond acceptors (Lipinski definition) is 5. The highest BCUT2D eigenvalue weighted by Crippen LogP contribution is 2.40. The fraction of sp³-hybridized carbons (Fsp3) is 0.300. The van der Waals surface area contributed by atoms with E-state index in [0.29, 0.717) is 5.75 Å². The third-order valence-corrected chi connectivity index (χ3v) is 7.67. The van der Waals surface area contributed by atoms with E-state index in [4.69, 9.17) is 21.6 Å². The van der Waals surface area contributed by atoms with Gasteiger partial charge in [-0.25, -0.2) is 17.2 Å². The third kappa shape index (κ3) is 4.57. The molecule has 0 saturated heterocycles. The number of Topliss-reactive ketones (excluding diaryl/α,β-unsaturated/α-hetero) is 1. The maximum absolute atomic E-state index is 13.3. The second-order valence-corrected chi connectivity index (χ2v) is 9.42. The van der Waals surface area contributed by atoms with Gasteiger partial charge in [0.05, 0.1) is 21.8 Å². The predicted molar refractivity (Wildman–Crippen MR) is 101 cm³/mol. The lowest BCUT2D eigenvalue weighted by Crippen LogP contribution is -2.22. The van der Waals surface area contributed by atoms with Gasteiger partial charge in [-0.2, -0.15) is 5.26 Å². The molecule has 29 heavy (non-hydrogen) atoms. The number of ketones is 1. The molecule has 0 unspecified atom stereocenters. The molecular formula is C20H16ClF2NO4S. The van der Waals surface area contributed by atoms with Crippen LogP contribution in [0, 0.1) is 34.8 Å². The molecule has 3 atom stereocenters. The molecule has 0 aliphatic heterocycles. The molecular weight excluding hydrogens is 424 g/mol. The maximum atomic E-state index is 13.3. The van der Waals surface area contributed by atoms with Crippen LogP contribution < -0.4 is 4.74 Å². The van der Waals surface area contributed by atoms with Gasteiger partial charge in [0, 0.05) is 11.8 Å². The van der Waals surface area contributed by atoms with E-state index < -0.39 is 44.3 Å². The van der Waals surface area contributed by atoms with Gasteiger partial charge in [-0.1, -0.05) is 11.6 Å². The summed E-state index contributed by atoms with van der Waals surface area (Å²) in [6, 6.07) is 9.82. The van der Waals surface area contributed by atoms with Crippen molar-refractivity contribution in [1.29, 1.82) is 5.26 Å². The molecule has 0 aromatic heterocycles. The molecule has 2 aromatic rings. The predicted octanol–water partition coefficient (Wildman–Crippen LogP) is 3.96. The molecule has 0 radical (unpaired) electrons. The summed E-state index contributed by atoms with van der Waals surface area (Å²) in [7, 11) is -3.95. The Labute approximate surface area is 171 Å². The number of carbonyl (C=O) groups excluding carboxylic acids is 1. The minimum Gasteiger partial charge on any atom is -0.493 e. The number of carbonyl (C=O) groups is 1. The first kappa shape index (κ1) is 21.2. The Bertz CT molecular complexity index is 1070. The van der Waals surface area contributed by atoms with E-state index in [0.717, 1.165) is 18.2 Å². The number of benzene rings is 2. The van der Waals surface area contributed by atoms with Crippen molar-refractivity contribution in [3.05, 3.63) is 59.1 Å². The second-order valence-electron chi connectivity index (χ2n) is 6.82. The summed E-state index contributed by atoms with van der Waals surface area (Å²) >= 11 is 5.92. The Morgan fingerprint density at radius 2 is 1.79 bits per heavy atom. The fourth-order valence-electron chi connectivity index (χ4n) is 3.54. The largest absolute Gasteiger partial charge is 0.493 e. The summed E-state index contributed by atoms with van der Waals surface area (Å²) < 4.78 is 57.9. The number of nitriles is 1. The maximum Gasteiger partial charge on any atom is 0.235 e. The average molecular weight is 440 g/mol. The summed E-state index contributed by atoms with van der Waals surface area (Å²) in [6.07, 6.45) is 0.0230. The summed E-state index contributed by atoms with van der Waals surface area (Å²) in [5.74, 6) is -2.80. The van der Waals surface area contributed by atoms with Gasteiger partial charge >= 0.3 is 0 Å². The smallest absolute Gasteiger partial charge is 0.235 e.